The van der Waals surface area contributed by atoms with E-state index in [-0.39, 0.29) is 11.7 Å². The molecule has 0 heterocycles. The number of anilines is 2. The molecule has 0 aromatic heterocycles. The van der Waals surface area contributed by atoms with Crippen molar-refractivity contribution in [2.75, 3.05) is 24.3 Å². The SMILES string of the molecule is Cc1cc(C(=O)Nc2cccc(F)c2)ccc1N(C)C. The quantitative estimate of drug-likeness (QED) is 0.928. The van der Waals surface area contributed by atoms with Crippen molar-refractivity contribution in [2.24, 2.45) is 0 Å². The smallest absolute Gasteiger partial charge is 0.255 e. The minimum atomic E-state index is -0.373. The average molecular weight is 272 g/mol. The number of nitrogens with one attached hydrogen (secondary N) is 1. The van der Waals surface area contributed by atoms with Crippen molar-refractivity contribution in [3.8, 4) is 0 Å². The van der Waals surface area contributed by atoms with Crippen LogP contribution in [0.4, 0.5) is 15.8 Å². The summed E-state index contributed by atoms with van der Waals surface area (Å²) in [5.74, 6) is -0.619. The number of benzene rings is 2. The molecule has 1 amide bonds. The second-order valence-electron chi connectivity index (χ2n) is 4.86. The van der Waals surface area contributed by atoms with E-state index >= 15 is 0 Å². The fourth-order valence-corrected chi connectivity index (χ4v) is 2.07. The van der Waals surface area contributed by atoms with E-state index in [1.807, 2.05) is 38.1 Å². The second kappa shape index (κ2) is 5.74. The van der Waals surface area contributed by atoms with Gasteiger partial charge < -0.3 is 10.2 Å². The van der Waals surface area contributed by atoms with Gasteiger partial charge in [-0.05, 0) is 48.9 Å². The van der Waals surface area contributed by atoms with E-state index < -0.39 is 0 Å². The molecule has 4 heteroatoms. The van der Waals surface area contributed by atoms with Crippen LogP contribution in [0, 0.1) is 12.7 Å². The molecule has 0 atom stereocenters. The molecule has 1 N–H and O–H groups in total. The fourth-order valence-electron chi connectivity index (χ4n) is 2.07. The number of hydrogen-bond acceptors (Lipinski definition) is 2. The molecule has 20 heavy (non-hydrogen) atoms. The molecule has 0 saturated heterocycles. The zero-order valence-electron chi connectivity index (χ0n) is 11.8. The number of nitrogens with zero attached hydrogens (tertiary/aromatic N) is 1. The summed E-state index contributed by atoms with van der Waals surface area (Å²) in [5.41, 5.74) is 3.08. The Morgan fingerprint density at radius 3 is 2.50 bits per heavy atom. The summed E-state index contributed by atoms with van der Waals surface area (Å²) < 4.78 is 13.1. The number of carbonyl (C=O) groups is 1. The van der Waals surface area contributed by atoms with Gasteiger partial charge in [-0.2, -0.15) is 0 Å². The van der Waals surface area contributed by atoms with E-state index in [1.54, 1.807) is 18.2 Å². The maximum atomic E-state index is 13.1. The van der Waals surface area contributed by atoms with E-state index in [2.05, 4.69) is 5.32 Å². The lowest BCUT2D eigenvalue weighted by molar-refractivity contribution is 0.102. The van der Waals surface area contributed by atoms with E-state index in [1.165, 1.54) is 12.1 Å². The Morgan fingerprint density at radius 1 is 1.15 bits per heavy atom. The molecule has 0 fully saturated rings. The van der Waals surface area contributed by atoms with Crippen LogP contribution < -0.4 is 10.2 Å². The monoisotopic (exact) mass is 272 g/mol. The fraction of sp³-hybridized carbons (Fsp3) is 0.188. The summed E-state index contributed by atoms with van der Waals surface area (Å²) in [4.78, 5) is 14.1. The lowest BCUT2D eigenvalue weighted by Gasteiger charge is -2.16. The molecule has 0 aliphatic carbocycles. The maximum absolute atomic E-state index is 13.1. The molecule has 0 saturated carbocycles. The number of halogens is 1. The highest BCUT2D eigenvalue weighted by molar-refractivity contribution is 6.04. The highest BCUT2D eigenvalue weighted by Crippen LogP contribution is 2.20. The molecule has 0 unspecified atom stereocenters. The first-order valence-corrected chi connectivity index (χ1v) is 6.32. The Balaban J connectivity index is 2.19. The Hall–Kier alpha value is -2.36. The van der Waals surface area contributed by atoms with Crippen LogP contribution in [0.1, 0.15) is 15.9 Å². The van der Waals surface area contributed by atoms with E-state index in [0.717, 1.165) is 11.3 Å². The molecule has 2 aromatic carbocycles. The lowest BCUT2D eigenvalue weighted by Crippen LogP contribution is -2.14. The van der Waals surface area contributed by atoms with Crippen LogP contribution in [0.25, 0.3) is 0 Å². The summed E-state index contributed by atoms with van der Waals surface area (Å²) in [7, 11) is 3.91. The van der Waals surface area contributed by atoms with Crippen LogP contribution >= 0.6 is 0 Å². The largest absolute Gasteiger partial charge is 0.377 e. The highest BCUT2D eigenvalue weighted by atomic mass is 19.1. The van der Waals surface area contributed by atoms with Gasteiger partial charge in [-0.25, -0.2) is 4.39 Å². The molecule has 0 radical (unpaired) electrons. The van der Waals surface area contributed by atoms with Crippen molar-refractivity contribution < 1.29 is 9.18 Å². The Labute approximate surface area is 118 Å². The van der Waals surface area contributed by atoms with Gasteiger partial charge in [-0.3, -0.25) is 4.79 Å². The lowest BCUT2D eigenvalue weighted by atomic mass is 10.1. The summed E-state index contributed by atoms with van der Waals surface area (Å²) in [6.45, 7) is 1.95. The van der Waals surface area contributed by atoms with Crippen molar-refractivity contribution in [1.29, 1.82) is 0 Å². The molecule has 104 valence electrons. The van der Waals surface area contributed by atoms with Crippen molar-refractivity contribution in [2.45, 2.75) is 6.92 Å². The third kappa shape index (κ3) is 3.15. The molecule has 0 aliphatic heterocycles. The molecule has 0 bridgehead atoms. The zero-order valence-corrected chi connectivity index (χ0v) is 11.8. The number of rotatable bonds is 3. The highest BCUT2D eigenvalue weighted by Gasteiger charge is 2.09. The van der Waals surface area contributed by atoms with Gasteiger partial charge in [0.15, 0.2) is 0 Å². The predicted molar refractivity (Wildman–Crippen MR) is 79.9 cm³/mol. The van der Waals surface area contributed by atoms with Crippen molar-refractivity contribution >= 4 is 17.3 Å². The Kier molecular flexibility index (Phi) is 4.03. The summed E-state index contributed by atoms with van der Waals surface area (Å²) in [6, 6.07) is 11.3. The van der Waals surface area contributed by atoms with Crippen LogP contribution in [0.3, 0.4) is 0 Å². The molecule has 0 aliphatic rings. The number of hydrogen-bond donors (Lipinski definition) is 1. The molecule has 3 nitrogen and oxygen atoms in total. The molecular weight excluding hydrogens is 255 g/mol. The van der Waals surface area contributed by atoms with Crippen LogP contribution in [-0.2, 0) is 0 Å². The summed E-state index contributed by atoms with van der Waals surface area (Å²) in [6.07, 6.45) is 0. The van der Waals surface area contributed by atoms with Crippen LogP contribution in [-0.4, -0.2) is 20.0 Å². The standard InChI is InChI=1S/C16H17FN2O/c1-11-9-12(7-8-15(11)19(2)3)16(20)18-14-6-4-5-13(17)10-14/h4-10H,1-3H3,(H,18,20). The Morgan fingerprint density at radius 2 is 1.90 bits per heavy atom. The summed E-state index contributed by atoms with van der Waals surface area (Å²) >= 11 is 0. The summed E-state index contributed by atoms with van der Waals surface area (Å²) in [5, 5.41) is 2.68. The average Bonchev–Trinajstić information content (AvgIpc) is 2.38. The van der Waals surface area contributed by atoms with Crippen LogP contribution in [0.2, 0.25) is 0 Å². The van der Waals surface area contributed by atoms with E-state index in [4.69, 9.17) is 0 Å². The first kappa shape index (κ1) is 14.1. The minimum Gasteiger partial charge on any atom is -0.377 e. The number of amides is 1. The van der Waals surface area contributed by atoms with Gasteiger partial charge in [0.05, 0.1) is 0 Å². The van der Waals surface area contributed by atoms with Gasteiger partial charge in [-0.15, -0.1) is 0 Å². The normalized spacial score (nSPS) is 10.2. The molecule has 2 rings (SSSR count). The van der Waals surface area contributed by atoms with Gasteiger partial charge in [-0.1, -0.05) is 6.07 Å². The number of carbonyl (C=O) groups excluding carboxylic acids is 1. The van der Waals surface area contributed by atoms with Crippen molar-refractivity contribution in [3.63, 3.8) is 0 Å². The topological polar surface area (TPSA) is 32.3 Å². The van der Waals surface area contributed by atoms with E-state index in [0.29, 0.717) is 11.3 Å². The van der Waals surface area contributed by atoms with Gasteiger partial charge in [0.25, 0.3) is 5.91 Å². The Bertz CT molecular complexity index is 638. The van der Waals surface area contributed by atoms with Gasteiger partial charge in [0, 0.05) is 31.0 Å². The van der Waals surface area contributed by atoms with Gasteiger partial charge in [0.2, 0.25) is 0 Å². The maximum Gasteiger partial charge on any atom is 0.255 e. The second-order valence-corrected chi connectivity index (χ2v) is 4.86. The zero-order chi connectivity index (χ0) is 14.7. The van der Waals surface area contributed by atoms with Gasteiger partial charge >= 0.3 is 0 Å². The predicted octanol–water partition coefficient (Wildman–Crippen LogP) is 3.45. The molecule has 0 spiro atoms. The van der Waals surface area contributed by atoms with E-state index in [9.17, 15) is 9.18 Å². The third-order valence-electron chi connectivity index (χ3n) is 3.02. The first-order chi connectivity index (χ1) is 9.47. The van der Waals surface area contributed by atoms with Crippen molar-refractivity contribution in [1.82, 2.24) is 0 Å². The third-order valence-corrected chi connectivity index (χ3v) is 3.02. The number of aryl methyl sites for hydroxylation is 1. The van der Waals surface area contributed by atoms with Gasteiger partial charge in [0.1, 0.15) is 5.82 Å². The minimum absolute atomic E-state index is 0.246. The van der Waals surface area contributed by atoms with Crippen LogP contribution in [0.15, 0.2) is 42.5 Å². The first-order valence-electron chi connectivity index (χ1n) is 6.32. The molecular formula is C16H17FN2O. The molecule has 2 aromatic rings. The van der Waals surface area contributed by atoms with Crippen LogP contribution in [0.5, 0.6) is 0 Å². The van der Waals surface area contributed by atoms with Crippen molar-refractivity contribution in [3.05, 3.63) is 59.4 Å².